The molecule has 0 bridgehead atoms. The number of nitrogens with one attached hydrogen (secondary N) is 1. The number of para-hydroxylation sites is 1. The molecule has 1 saturated carbocycles. The Morgan fingerprint density at radius 1 is 1.12 bits per heavy atom. The maximum Gasteiger partial charge on any atom is 0.317 e. The van der Waals surface area contributed by atoms with E-state index in [0.717, 1.165) is 24.2 Å². The molecule has 1 aromatic carbocycles. The summed E-state index contributed by atoms with van der Waals surface area (Å²) in [4.78, 5) is 25.3. The van der Waals surface area contributed by atoms with E-state index in [4.69, 9.17) is 10.5 Å². The number of piperidine rings is 1. The molecule has 6 nitrogen and oxygen atoms in total. The first-order valence-electron chi connectivity index (χ1n) is 9.20. The molecule has 1 aromatic rings. The Morgan fingerprint density at radius 3 is 2.48 bits per heavy atom. The average molecular weight is 345 g/mol. The number of rotatable bonds is 5. The van der Waals surface area contributed by atoms with Crippen LogP contribution in [0.25, 0.3) is 0 Å². The highest BCUT2D eigenvalue weighted by Gasteiger charge is 2.26. The largest absolute Gasteiger partial charge is 0.490 e. The molecular weight excluding hydrogens is 318 g/mol. The summed E-state index contributed by atoms with van der Waals surface area (Å²) in [7, 11) is 0. The molecule has 3 rings (SSSR count). The number of carbonyl (C=O) groups is 2. The fraction of sp³-hybridized carbons (Fsp3) is 0.579. The zero-order valence-corrected chi connectivity index (χ0v) is 14.6. The van der Waals surface area contributed by atoms with Gasteiger partial charge in [0.05, 0.1) is 6.10 Å². The molecule has 1 aliphatic heterocycles. The zero-order chi connectivity index (χ0) is 17.6. The van der Waals surface area contributed by atoms with Crippen molar-refractivity contribution in [3.63, 3.8) is 0 Å². The fourth-order valence-corrected chi connectivity index (χ4v) is 3.60. The highest BCUT2D eigenvalue weighted by atomic mass is 16.5. The van der Waals surface area contributed by atoms with E-state index >= 15 is 0 Å². The lowest BCUT2D eigenvalue weighted by Crippen LogP contribution is -2.46. The lowest BCUT2D eigenvalue weighted by molar-refractivity contribution is -0.123. The van der Waals surface area contributed by atoms with Crippen LogP contribution in [0.1, 0.15) is 44.1 Å². The predicted octanol–water partition coefficient (Wildman–Crippen LogP) is 2.41. The molecule has 2 aliphatic rings. The first kappa shape index (κ1) is 17.6. The van der Waals surface area contributed by atoms with E-state index in [1.807, 2.05) is 24.3 Å². The second-order valence-corrected chi connectivity index (χ2v) is 6.95. The molecule has 0 atom stereocenters. The van der Waals surface area contributed by atoms with Gasteiger partial charge in [0.15, 0.2) is 0 Å². The van der Waals surface area contributed by atoms with Gasteiger partial charge >= 0.3 is 6.03 Å². The van der Waals surface area contributed by atoms with Gasteiger partial charge in [-0.2, -0.15) is 0 Å². The number of primary amides is 1. The molecule has 2 fully saturated rings. The maximum atomic E-state index is 12.4. The van der Waals surface area contributed by atoms with Gasteiger partial charge in [-0.3, -0.25) is 4.79 Å². The average Bonchev–Trinajstić information content (AvgIpc) is 3.14. The number of carbonyl (C=O) groups excluding carboxylic acids is 2. The third-order valence-corrected chi connectivity index (χ3v) is 5.18. The van der Waals surface area contributed by atoms with Crippen LogP contribution < -0.4 is 15.8 Å². The van der Waals surface area contributed by atoms with Crippen LogP contribution in [0.2, 0.25) is 0 Å². The smallest absolute Gasteiger partial charge is 0.317 e. The van der Waals surface area contributed by atoms with Gasteiger partial charge in [-0.05, 0) is 44.6 Å². The second-order valence-electron chi connectivity index (χ2n) is 6.95. The highest BCUT2D eigenvalue weighted by Crippen LogP contribution is 2.26. The molecule has 0 radical (unpaired) electrons. The molecule has 1 aliphatic carbocycles. The summed E-state index contributed by atoms with van der Waals surface area (Å²) in [6.45, 7) is 1.58. The van der Waals surface area contributed by atoms with Gasteiger partial charge in [0.1, 0.15) is 5.75 Å². The van der Waals surface area contributed by atoms with Gasteiger partial charge in [0.25, 0.3) is 0 Å². The maximum absolute atomic E-state index is 12.4. The quantitative estimate of drug-likeness (QED) is 0.859. The van der Waals surface area contributed by atoms with Gasteiger partial charge in [-0.25, -0.2) is 4.79 Å². The summed E-state index contributed by atoms with van der Waals surface area (Å²) in [5.41, 5.74) is 6.33. The molecule has 0 aromatic heterocycles. The lowest BCUT2D eigenvalue weighted by atomic mass is 9.96. The Morgan fingerprint density at radius 2 is 1.80 bits per heavy atom. The van der Waals surface area contributed by atoms with Crippen molar-refractivity contribution in [2.45, 2.75) is 51.2 Å². The fourth-order valence-electron chi connectivity index (χ4n) is 3.60. The van der Waals surface area contributed by atoms with E-state index in [9.17, 15) is 9.59 Å². The zero-order valence-electron chi connectivity index (χ0n) is 14.6. The van der Waals surface area contributed by atoms with E-state index < -0.39 is 0 Å². The number of benzene rings is 1. The van der Waals surface area contributed by atoms with Gasteiger partial charge in [0, 0.05) is 31.1 Å². The summed E-state index contributed by atoms with van der Waals surface area (Å²) >= 11 is 0. The van der Waals surface area contributed by atoms with Crippen molar-refractivity contribution in [2.75, 3.05) is 13.1 Å². The van der Waals surface area contributed by atoms with Crippen LogP contribution >= 0.6 is 0 Å². The molecule has 0 unspecified atom stereocenters. The van der Waals surface area contributed by atoms with Crippen molar-refractivity contribution in [3.05, 3.63) is 29.8 Å². The van der Waals surface area contributed by atoms with Gasteiger partial charge in [-0.15, -0.1) is 0 Å². The number of nitrogens with two attached hydrogens (primary N) is 1. The number of urea groups is 1. The molecule has 1 heterocycles. The molecule has 136 valence electrons. The topological polar surface area (TPSA) is 84.7 Å². The number of likely N-dealkylation sites (tertiary alicyclic amines) is 1. The molecule has 0 spiro atoms. The standard InChI is InChI=1S/C19H27N3O3/c20-18(23)14-9-11-22(12-10-14)19(24)21-13-15-5-1-4-8-17(15)25-16-6-2-3-7-16/h1,4-5,8,14,16H,2-3,6-7,9-13H2,(H2,20,23)(H,21,24). The van der Waals surface area contributed by atoms with Crippen LogP contribution in [0.5, 0.6) is 5.75 Å². The lowest BCUT2D eigenvalue weighted by Gasteiger charge is -2.30. The molecule has 1 saturated heterocycles. The van der Waals surface area contributed by atoms with E-state index in [0.29, 0.717) is 38.6 Å². The Bertz CT molecular complexity index is 606. The number of hydrogen-bond acceptors (Lipinski definition) is 3. The summed E-state index contributed by atoms with van der Waals surface area (Å²) in [5.74, 6) is 0.491. The first-order valence-corrected chi connectivity index (χ1v) is 9.20. The Hall–Kier alpha value is -2.24. The van der Waals surface area contributed by atoms with Crippen molar-refractivity contribution < 1.29 is 14.3 Å². The SMILES string of the molecule is NC(=O)C1CCN(C(=O)NCc2ccccc2OC2CCCC2)CC1. The molecule has 3 N–H and O–H groups in total. The van der Waals surface area contributed by atoms with Gasteiger partial charge in [-0.1, -0.05) is 18.2 Å². The predicted molar refractivity (Wildman–Crippen MR) is 95.1 cm³/mol. The van der Waals surface area contributed by atoms with Crippen molar-refractivity contribution in [1.82, 2.24) is 10.2 Å². The Balaban J connectivity index is 1.51. The number of amides is 3. The monoisotopic (exact) mass is 345 g/mol. The molecule has 25 heavy (non-hydrogen) atoms. The van der Waals surface area contributed by atoms with E-state index in [-0.39, 0.29) is 17.9 Å². The first-order chi connectivity index (χ1) is 12.1. The number of hydrogen-bond donors (Lipinski definition) is 2. The number of ether oxygens (including phenoxy) is 1. The summed E-state index contributed by atoms with van der Waals surface area (Å²) < 4.78 is 6.11. The van der Waals surface area contributed by atoms with E-state index in [2.05, 4.69) is 5.32 Å². The highest BCUT2D eigenvalue weighted by molar-refractivity contribution is 5.78. The summed E-state index contributed by atoms with van der Waals surface area (Å²) in [6.07, 6.45) is 6.25. The minimum absolute atomic E-state index is 0.0985. The van der Waals surface area contributed by atoms with E-state index in [1.165, 1.54) is 12.8 Å². The van der Waals surface area contributed by atoms with E-state index in [1.54, 1.807) is 4.90 Å². The van der Waals surface area contributed by atoms with Crippen LogP contribution in [0.3, 0.4) is 0 Å². The molecule has 6 heteroatoms. The Labute approximate surface area is 148 Å². The van der Waals surface area contributed by atoms with Crippen LogP contribution in [-0.2, 0) is 11.3 Å². The molecular formula is C19H27N3O3. The van der Waals surface area contributed by atoms with Crippen molar-refractivity contribution >= 4 is 11.9 Å². The normalized spacial score (nSPS) is 19.0. The van der Waals surface area contributed by atoms with Gasteiger partial charge in [0.2, 0.25) is 5.91 Å². The minimum Gasteiger partial charge on any atom is -0.490 e. The van der Waals surface area contributed by atoms with Crippen molar-refractivity contribution in [1.29, 1.82) is 0 Å². The van der Waals surface area contributed by atoms with Gasteiger partial charge < -0.3 is 20.7 Å². The molecule has 3 amide bonds. The third kappa shape index (κ3) is 4.65. The van der Waals surface area contributed by atoms with Crippen molar-refractivity contribution in [2.24, 2.45) is 11.7 Å². The minimum atomic E-state index is -0.266. The number of nitrogens with zero attached hydrogens (tertiary/aromatic N) is 1. The summed E-state index contributed by atoms with van der Waals surface area (Å²) in [5, 5.41) is 2.97. The van der Waals surface area contributed by atoms with Crippen molar-refractivity contribution in [3.8, 4) is 5.75 Å². The Kier molecular flexibility index (Phi) is 5.79. The van der Waals surface area contributed by atoms with Crippen LogP contribution in [0.4, 0.5) is 4.79 Å². The third-order valence-electron chi connectivity index (χ3n) is 5.18. The summed E-state index contributed by atoms with van der Waals surface area (Å²) in [6, 6.07) is 7.78. The van der Waals surface area contributed by atoms with Crippen LogP contribution in [0, 0.1) is 5.92 Å². The van der Waals surface area contributed by atoms with Crippen LogP contribution in [0.15, 0.2) is 24.3 Å². The van der Waals surface area contributed by atoms with Crippen LogP contribution in [-0.4, -0.2) is 36.0 Å². The second kappa shape index (κ2) is 8.23.